The van der Waals surface area contributed by atoms with Gasteiger partial charge in [-0.3, -0.25) is 0 Å². The van der Waals surface area contributed by atoms with Gasteiger partial charge < -0.3 is 8.85 Å². The second-order valence-electron chi connectivity index (χ2n) is 12.2. The largest absolute Gasteiger partial charge is 0.416 e. The number of hydrogen-bond acceptors (Lipinski definition) is 3. The standard InChI is InChI=1S/C34H74O2SSi2/c1-9-17-23-29-38(35-15-7,30-24-18-10-2)33(27-21-13-5)37-34(28-22-14-6)39(36-16-8,31-25-19-11-3)32-26-20-12-4/h33-34H,9-32H2,1-8H3. The molecule has 2 unspecified atom stereocenters. The summed E-state index contributed by atoms with van der Waals surface area (Å²) in [4.78, 5) is 1.47. The molecule has 0 fully saturated rings. The monoisotopic (exact) mass is 602 g/mol. The van der Waals surface area contributed by atoms with E-state index < -0.39 is 16.6 Å². The molecule has 2 atom stereocenters. The van der Waals surface area contributed by atoms with Crippen molar-refractivity contribution in [1.82, 2.24) is 0 Å². The van der Waals surface area contributed by atoms with E-state index in [0.29, 0.717) is 0 Å². The third-order valence-electron chi connectivity index (χ3n) is 8.82. The SMILES string of the molecule is CCCCC[Si](CCCCC)(OCC)C(CCCC)SC(CCCC)[Si](CCCCC)(CCCCC)OCC. The molecule has 0 aromatic carbocycles. The van der Waals surface area contributed by atoms with Gasteiger partial charge in [-0.15, -0.1) is 0 Å². The van der Waals surface area contributed by atoms with Gasteiger partial charge in [0, 0.05) is 23.0 Å². The number of hydrogen-bond donors (Lipinski definition) is 0. The van der Waals surface area contributed by atoms with Crippen molar-refractivity contribution in [3.8, 4) is 0 Å². The highest BCUT2D eigenvalue weighted by Gasteiger charge is 2.48. The topological polar surface area (TPSA) is 18.5 Å². The maximum atomic E-state index is 7.15. The smallest absolute Gasteiger partial charge is 0.205 e. The maximum Gasteiger partial charge on any atom is 0.205 e. The van der Waals surface area contributed by atoms with Crippen LogP contribution < -0.4 is 0 Å². The second-order valence-corrected chi connectivity index (χ2v) is 22.7. The van der Waals surface area contributed by atoms with Gasteiger partial charge in [0.15, 0.2) is 0 Å². The molecule has 5 heteroatoms. The second kappa shape index (κ2) is 26.3. The summed E-state index contributed by atoms with van der Waals surface area (Å²) in [5, 5.41) is 0. The minimum atomic E-state index is -1.89. The van der Waals surface area contributed by atoms with Crippen molar-refractivity contribution in [2.45, 2.75) is 205 Å². The van der Waals surface area contributed by atoms with Crippen LogP contribution in [0.15, 0.2) is 0 Å². The number of rotatable bonds is 30. The first-order valence-electron chi connectivity index (χ1n) is 17.9. The van der Waals surface area contributed by atoms with Crippen LogP contribution in [0.5, 0.6) is 0 Å². The van der Waals surface area contributed by atoms with E-state index in [2.05, 4.69) is 67.2 Å². The zero-order valence-corrected chi connectivity index (χ0v) is 31.2. The fraction of sp³-hybridized carbons (Fsp3) is 1.00. The fourth-order valence-electron chi connectivity index (χ4n) is 6.53. The van der Waals surface area contributed by atoms with Gasteiger partial charge in [-0.05, 0) is 50.9 Å². The van der Waals surface area contributed by atoms with Gasteiger partial charge in [0.1, 0.15) is 0 Å². The summed E-state index contributed by atoms with van der Waals surface area (Å²) in [6, 6.07) is 5.54. The maximum absolute atomic E-state index is 7.15. The van der Waals surface area contributed by atoms with E-state index in [9.17, 15) is 0 Å². The Morgan fingerprint density at radius 2 is 0.692 bits per heavy atom. The lowest BCUT2D eigenvalue weighted by molar-refractivity contribution is 0.309. The molecular formula is C34H74O2SSi2. The summed E-state index contributed by atoms with van der Waals surface area (Å²) < 4.78 is 14.3. The molecule has 0 aliphatic heterocycles. The van der Waals surface area contributed by atoms with E-state index >= 15 is 0 Å². The van der Waals surface area contributed by atoms with Gasteiger partial charge in [-0.1, -0.05) is 144 Å². The Balaban J connectivity index is 6.57. The summed E-state index contributed by atoms with van der Waals surface area (Å²) in [6.45, 7) is 20.6. The third-order valence-corrected chi connectivity index (χ3v) is 22.8. The lowest BCUT2D eigenvalue weighted by Gasteiger charge is -2.45. The highest BCUT2D eigenvalue weighted by Crippen LogP contribution is 2.45. The van der Waals surface area contributed by atoms with E-state index in [1.54, 1.807) is 0 Å². The van der Waals surface area contributed by atoms with Crippen molar-refractivity contribution in [2.75, 3.05) is 13.2 Å². The van der Waals surface area contributed by atoms with Gasteiger partial charge in [0.25, 0.3) is 0 Å². The Kier molecular flexibility index (Phi) is 26.8. The van der Waals surface area contributed by atoms with Gasteiger partial charge in [0.2, 0.25) is 16.6 Å². The Hall–Kier alpha value is 0.704. The molecule has 0 amide bonds. The van der Waals surface area contributed by atoms with E-state index in [0.717, 1.165) is 23.0 Å². The molecule has 0 saturated heterocycles. The lowest BCUT2D eigenvalue weighted by Crippen LogP contribution is -2.54. The van der Waals surface area contributed by atoms with Crippen LogP contribution in [0.2, 0.25) is 24.2 Å². The van der Waals surface area contributed by atoms with Crippen LogP contribution in [-0.2, 0) is 8.85 Å². The summed E-state index contributed by atoms with van der Waals surface area (Å²) in [6.07, 6.45) is 24.3. The van der Waals surface area contributed by atoms with Gasteiger partial charge >= 0.3 is 0 Å². The van der Waals surface area contributed by atoms with E-state index in [1.807, 2.05) is 0 Å². The highest BCUT2D eigenvalue weighted by molar-refractivity contribution is 8.03. The molecule has 2 nitrogen and oxygen atoms in total. The predicted octanol–water partition coefficient (Wildman–Crippen LogP) is 12.6. The lowest BCUT2D eigenvalue weighted by atomic mass is 10.3. The summed E-state index contributed by atoms with van der Waals surface area (Å²) >= 11 is 2.47. The minimum absolute atomic E-state index is 0.734. The molecule has 0 spiro atoms. The highest BCUT2D eigenvalue weighted by atomic mass is 32.2. The molecule has 0 aromatic rings. The summed E-state index contributed by atoms with van der Waals surface area (Å²) in [5.74, 6) is 0. The van der Waals surface area contributed by atoms with E-state index in [-0.39, 0.29) is 0 Å². The molecule has 0 radical (unpaired) electrons. The summed E-state index contributed by atoms with van der Waals surface area (Å²) in [7, 11) is -3.77. The number of thioether (sulfide) groups is 1. The Morgan fingerprint density at radius 1 is 0.410 bits per heavy atom. The quantitative estimate of drug-likeness (QED) is 0.0601. The normalized spacial score (nSPS) is 14.2. The van der Waals surface area contributed by atoms with Crippen LogP contribution >= 0.6 is 11.8 Å². The van der Waals surface area contributed by atoms with Gasteiger partial charge in [0.05, 0.1) is 0 Å². The van der Waals surface area contributed by atoms with Crippen molar-refractivity contribution >= 4 is 28.4 Å². The van der Waals surface area contributed by atoms with Crippen molar-refractivity contribution in [3.63, 3.8) is 0 Å². The van der Waals surface area contributed by atoms with Gasteiger partial charge in [-0.2, -0.15) is 11.8 Å². The number of unbranched alkanes of at least 4 members (excludes halogenated alkanes) is 10. The first kappa shape index (κ1) is 39.7. The molecule has 236 valence electrons. The Morgan fingerprint density at radius 3 is 0.923 bits per heavy atom. The van der Waals surface area contributed by atoms with E-state index in [4.69, 9.17) is 8.85 Å². The predicted molar refractivity (Wildman–Crippen MR) is 186 cm³/mol. The first-order chi connectivity index (χ1) is 19.0. The summed E-state index contributed by atoms with van der Waals surface area (Å²) in [5.41, 5.74) is 0. The average molecular weight is 603 g/mol. The molecular weight excluding hydrogens is 529 g/mol. The molecule has 0 saturated carbocycles. The zero-order chi connectivity index (χ0) is 29.2. The molecule has 0 heterocycles. The minimum Gasteiger partial charge on any atom is -0.416 e. The van der Waals surface area contributed by atoms with Crippen LogP contribution in [0, 0.1) is 0 Å². The molecule has 0 N–H and O–H groups in total. The third kappa shape index (κ3) is 16.2. The molecule has 0 aromatic heterocycles. The fourth-order valence-corrected chi connectivity index (χ4v) is 21.5. The van der Waals surface area contributed by atoms with Crippen molar-refractivity contribution < 1.29 is 8.85 Å². The molecule has 0 bridgehead atoms. The van der Waals surface area contributed by atoms with Crippen LogP contribution in [0.1, 0.15) is 171 Å². The van der Waals surface area contributed by atoms with Crippen molar-refractivity contribution in [2.24, 2.45) is 0 Å². The van der Waals surface area contributed by atoms with Crippen LogP contribution in [0.25, 0.3) is 0 Å². The molecule has 0 aliphatic carbocycles. The van der Waals surface area contributed by atoms with Crippen LogP contribution in [0.4, 0.5) is 0 Å². The molecule has 0 rings (SSSR count). The first-order valence-corrected chi connectivity index (χ1v) is 23.7. The zero-order valence-electron chi connectivity index (χ0n) is 28.4. The Labute approximate surface area is 254 Å². The average Bonchev–Trinajstić information content (AvgIpc) is 2.93. The van der Waals surface area contributed by atoms with E-state index in [1.165, 1.54) is 140 Å². The van der Waals surface area contributed by atoms with Gasteiger partial charge in [-0.25, -0.2) is 0 Å². The van der Waals surface area contributed by atoms with Crippen LogP contribution in [0.3, 0.4) is 0 Å². The van der Waals surface area contributed by atoms with Crippen molar-refractivity contribution in [1.29, 1.82) is 0 Å². The molecule has 39 heavy (non-hydrogen) atoms. The Bertz CT molecular complexity index is 455. The van der Waals surface area contributed by atoms with Crippen molar-refractivity contribution in [3.05, 3.63) is 0 Å². The molecule has 0 aliphatic rings. The van der Waals surface area contributed by atoms with Crippen LogP contribution in [-0.4, -0.2) is 39.6 Å².